The third-order valence-corrected chi connectivity index (χ3v) is 5.27. The van der Waals surface area contributed by atoms with Crippen LogP contribution in [0.5, 0.6) is 0 Å². The monoisotopic (exact) mass is 413 g/mol. The van der Waals surface area contributed by atoms with Gasteiger partial charge in [-0.15, -0.1) is 0 Å². The maximum Gasteiger partial charge on any atom is 0.314 e. The summed E-state index contributed by atoms with van der Waals surface area (Å²) < 4.78 is 4.35. The number of aromatic nitrogens is 1. The van der Waals surface area contributed by atoms with Gasteiger partial charge in [0.25, 0.3) is 0 Å². The van der Waals surface area contributed by atoms with E-state index in [4.69, 9.17) is 0 Å². The first-order chi connectivity index (χ1) is 14.7. The molecule has 4 rings (SSSR count). The van der Waals surface area contributed by atoms with E-state index in [0.717, 1.165) is 33.9 Å². The highest BCUT2D eigenvalue weighted by molar-refractivity contribution is 7.10. The van der Waals surface area contributed by atoms with Gasteiger partial charge in [0.2, 0.25) is 0 Å². The van der Waals surface area contributed by atoms with Crippen LogP contribution >= 0.6 is 11.5 Å². The number of nitrogens with one attached hydrogen (secondary N) is 2. The van der Waals surface area contributed by atoms with Gasteiger partial charge in [0, 0.05) is 11.6 Å². The molecule has 5 nitrogen and oxygen atoms in total. The molecule has 0 fully saturated rings. The van der Waals surface area contributed by atoms with Crippen molar-refractivity contribution in [2.75, 3.05) is 5.32 Å². The van der Waals surface area contributed by atoms with Gasteiger partial charge in [-0.1, -0.05) is 91.0 Å². The molecule has 148 valence electrons. The van der Waals surface area contributed by atoms with Gasteiger partial charge in [-0.2, -0.15) is 4.37 Å². The van der Waals surface area contributed by atoms with Crippen molar-refractivity contribution in [1.82, 2.24) is 9.69 Å². The zero-order valence-electron chi connectivity index (χ0n) is 16.0. The number of carbonyl (C=O) groups excluding carboxylic acids is 2. The molecular formula is C24H19N3O2S. The molecule has 0 radical (unpaired) electrons. The minimum atomic E-state index is -0.727. The first kappa shape index (κ1) is 19.5. The summed E-state index contributed by atoms with van der Waals surface area (Å²) in [6.45, 7) is 0. The SMILES string of the molecule is O=C(Nc1cc(-c2ccccc2)ns1)C(=O)NC(c1ccccc1)c1ccccc1. The third-order valence-electron chi connectivity index (χ3n) is 4.56. The zero-order valence-corrected chi connectivity index (χ0v) is 16.8. The molecule has 2 amide bonds. The Hall–Kier alpha value is -3.77. The summed E-state index contributed by atoms with van der Waals surface area (Å²) in [5.41, 5.74) is 3.50. The third kappa shape index (κ3) is 4.61. The lowest BCUT2D eigenvalue weighted by Crippen LogP contribution is -2.38. The number of nitrogens with zero attached hydrogens (tertiary/aromatic N) is 1. The summed E-state index contributed by atoms with van der Waals surface area (Å²) in [4.78, 5) is 25.2. The normalized spacial score (nSPS) is 10.6. The maximum absolute atomic E-state index is 12.6. The largest absolute Gasteiger partial charge is 0.337 e. The Labute approximate surface area is 178 Å². The van der Waals surface area contributed by atoms with E-state index in [2.05, 4.69) is 15.0 Å². The van der Waals surface area contributed by atoms with Gasteiger partial charge in [0.05, 0.1) is 11.7 Å². The van der Waals surface area contributed by atoms with E-state index >= 15 is 0 Å². The average molecular weight is 414 g/mol. The van der Waals surface area contributed by atoms with Crippen LogP contribution in [0.3, 0.4) is 0 Å². The molecule has 0 spiro atoms. The highest BCUT2D eigenvalue weighted by atomic mass is 32.1. The number of hydrogen-bond acceptors (Lipinski definition) is 4. The Morgan fingerprint density at radius 3 is 1.83 bits per heavy atom. The van der Waals surface area contributed by atoms with Crippen molar-refractivity contribution in [2.45, 2.75) is 6.04 Å². The van der Waals surface area contributed by atoms with Gasteiger partial charge in [0.15, 0.2) is 0 Å². The van der Waals surface area contributed by atoms with Crippen molar-refractivity contribution < 1.29 is 9.59 Å². The molecule has 1 heterocycles. The fourth-order valence-electron chi connectivity index (χ4n) is 3.09. The molecular weight excluding hydrogens is 394 g/mol. The zero-order chi connectivity index (χ0) is 20.8. The number of rotatable bonds is 5. The van der Waals surface area contributed by atoms with Gasteiger partial charge in [-0.05, 0) is 22.7 Å². The Morgan fingerprint density at radius 2 is 1.27 bits per heavy atom. The van der Waals surface area contributed by atoms with Crippen LogP contribution in [0.25, 0.3) is 11.3 Å². The molecule has 30 heavy (non-hydrogen) atoms. The molecule has 0 aliphatic carbocycles. The number of benzene rings is 3. The van der Waals surface area contributed by atoms with E-state index in [0.29, 0.717) is 5.00 Å². The van der Waals surface area contributed by atoms with Gasteiger partial charge in [-0.25, -0.2) is 0 Å². The number of hydrogen-bond donors (Lipinski definition) is 2. The van der Waals surface area contributed by atoms with Crippen molar-refractivity contribution >= 4 is 28.3 Å². The van der Waals surface area contributed by atoms with Crippen LogP contribution < -0.4 is 10.6 Å². The van der Waals surface area contributed by atoms with Crippen molar-refractivity contribution in [3.05, 3.63) is 108 Å². The molecule has 0 aliphatic rings. The summed E-state index contributed by atoms with van der Waals surface area (Å²) in [7, 11) is 0. The van der Waals surface area contributed by atoms with Crippen LogP contribution in [-0.4, -0.2) is 16.2 Å². The van der Waals surface area contributed by atoms with Gasteiger partial charge in [0.1, 0.15) is 5.00 Å². The van der Waals surface area contributed by atoms with E-state index in [1.54, 1.807) is 6.07 Å². The predicted octanol–water partition coefficient (Wildman–Crippen LogP) is 4.65. The minimum absolute atomic E-state index is 0.424. The summed E-state index contributed by atoms with van der Waals surface area (Å²) >= 11 is 1.14. The minimum Gasteiger partial charge on any atom is -0.337 e. The molecule has 0 atom stereocenters. The second kappa shape index (κ2) is 9.15. The lowest BCUT2D eigenvalue weighted by Gasteiger charge is -2.19. The summed E-state index contributed by atoms with van der Waals surface area (Å²) in [6.07, 6.45) is 0. The van der Waals surface area contributed by atoms with Gasteiger partial charge in [-0.3, -0.25) is 9.59 Å². The Bertz CT molecular complexity index is 1090. The number of carbonyl (C=O) groups is 2. The van der Waals surface area contributed by atoms with E-state index < -0.39 is 17.9 Å². The number of anilines is 1. The average Bonchev–Trinajstić information content (AvgIpc) is 3.27. The lowest BCUT2D eigenvalue weighted by molar-refractivity contribution is -0.136. The molecule has 6 heteroatoms. The Morgan fingerprint density at radius 1 is 0.733 bits per heavy atom. The van der Waals surface area contributed by atoms with Crippen LogP contribution in [0.2, 0.25) is 0 Å². The second-order valence-electron chi connectivity index (χ2n) is 6.62. The maximum atomic E-state index is 12.6. The molecule has 0 aliphatic heterocycles. The topological polar surface area (TPSA) is 71.1 Å². The van der Waals surface area contributed by atoms with Crippen LogP contribution in [0.15, 0.2) is 97.1 Å². The predicted molar refractivity (Wildman–Crippen MR) is 119 cm³/mol. The fourth-order valence-corrected chi connectivity index (χ4v) is 3.75. The molecule has 2 N–H and O–H groups in total. The van der Waals surface area contributed by atoms with Crippen molar-refractivity contribution in [3.8, 4) is 11.3 Å². The first-order valence-corrected chi connectivity index (χ1v) is 10.2. The molecule has 0 saturated carbocycles. The molecule has 3 aromatic carbocycles. The number of amides is 2. The second-order valence-corrected chi connectivity index (χ2v) is 7.43. The van der Waals surface area contributed by atoms with E-state index in [9.17, 15) is 9.59 Å². The molecule has 0 unspecified atom stereocenters. The van der Waals surface area contributed by atoms with E-state index in [1.165, 1.54) is 0 Å². The summed E-state index contributed by atoms with van der Waals surface area (Å²) in [6, 6.07) is 30.1. The van der Waals surface area contributed by atoms with Crippen LogP contribution in [0.4, 0.5) is 5.00 Å². The molecule has 0 saturated heterocycles. The standard InChI is InChI=1S/C24H19N3O2S/c28-23(25-21-16-20(27-30-21)17-10-4-1-5-11-17)24(29)26-22(18-12-6-2-7-13-18)19-14-8-3-9-15-19/h1-16,22H,(H,25,28)(H,26,29). The van der Waals surface area contributed by atoms with Crippen molar-refractivity contribution in [2.24, 2.45) is 0 Å². The van der Waals surface area contributed by atoms with Crippen molar-refractivity contribution in [3.63, 3.8) is 0 Å². The quantitative estimate of drug-likeness (QED) is 0.468. The lowest BCUT2D eigenvalue weighted by atomic mass is 9.99. The Balaban J connectivity index is 1.48. The van der Waals surface area contributed by atoms with E-state index in [1.807, 2.05) is 91.0 Å². The fraction of sp³-hybridized carbons (Fsp3) is 0.0417. The van der Waals surface area contributed by atoms with Gasteiger partial charge < -0.3 is 10.6 Å². The van der Waals surface area contributed by atoms with Gasteiger partial charge >= 0.3 is 11.8 Å². The summed E-state index contributed by atoms with van der Waals surface area (Å²) in [5, 5.41) is 6.01. The van der Waals surface area contributed by atoms with Crippen LogP contribution in [-0.2, 0) is 9.59 Å². The highest BCUT2D eigenvalue weighted by Crippen LogP contribution is 2.25. The molecule has 0 bridgehead atoms. The molecule has 4 aromatic rings. The molecule has 1 aromatic heterocycles. The van der Waals surface area contributed by atoms with Crippen LogP contribution in [0.1, 0.15) is 17.2 Å². The highest BCUT2D eigenvalue weighted by Gasteiger charge is 2.22. The first-order valence-electron chi connectivity index (χ1n) is 9.44. The van der Waals surface area contributed by atoms with Crippen LogP contribution in [0, 0.1) is 0 Å². The Kier molecular flexibility index (Phi) is 5.96. The summed E-state index contributed by atoms with van der Waals surface area (Å²) in [5.74, 6) is -1.43. The smallest absolute Gasteiger partial charge is 0.314 e. The van der Waals surface area contributed by atoms with Crippen molar-refractivity contribution in [1.29, 1.82) is 0 Å². The van der Waals surface area contributed by atoms with E-state index in [-0.39, 0.29) is 0 Å².